The number of hydrazone groups is 1. The van der Waals surface area contributed by atoms with Gasteiger partial charge < -0.3 is 4.74 Å². The Labute approximate surface area is 75.4 Å². The Hall–Kier alpha value is -1.84. The summed E-state index contributed by atoms with van der Waals surface area (Å²) in [7, 11) is 0. The lowest BCUT2D eigenvalue weighted by molar-refractivity contribution is 0.167. The lowest BCUT2D eigenvalue weighted by Crippen LogP contribution is -2.30. The molecule has 1 heterocycles. The van der Waals surface area contributed by atoms with Crippen LogP contribution in [0.25, 0.3) is 0 Å². The van der Waals surface area contributed by atoms with Gasteiger partial charge in [-0.1, -0.05) is 18.2 Å². The van der Waals surface area contributed by atoms with E-state index in [1.54, 1.807) is 18.3 Å². The molecule has 0 bridgehead atoms. The minimum Gasteiger partial charge on any atom is -0.442 e. The lowest BCUT2D eigenvalue weighted by Gasteiger charge is -2.19. The molecular weight excluding hydrogens is 168 g/mol. The first kappa shape index (κ1) is 7.79. The van der Waals surface area contributed by atoms with E-state index in [1.807, 2.05) is 18.2 Å². The average molecular weight is 176 g/mol. The highest BCUT2D eigenvalue weighted by Gasteiger charge is 2.18. The molecule has 0 aliphatic carbocycles. The lowest BCUT2D eigenvalue weighted by atomic mass is 10.3. The zero-order valence-electron chi connectivity index (χ0n) is 6.88. The normalized spacial score (nSPS) is 15.7. The van der Waals surface area contributed by atoms with Crippen molar-refractivity contribution >= 4 is 18.0 Å². The van der Waals surface area contributed by atoms with Crippen molar-refractivity contribution in [1.29, 1.82) is 0 Å². The van der Waals surface area contributed by atoms with Gasteiger partial charge in [-0.15, -0.1) is 0 Å². The first-order chi connectivity index (χ1) is 6.38. The number of carbonyl (C=O) groups is 1. The largest absolute Gasteiger partial charge is 0.442 e. The average Bonchev–Trinajstić information content (AvgIpc) is 2.20. The maximum atomic E-state index is 11.2. The summed E-state index contributed by atoms with van der Waals surface area (Å²) in [4.78, 5) is 11.2. The Balaban J connectivity index is 2.30. The number of para-hydroxylation sites is 1. The fourth-order valence-electron chi connectivity index (χ4n) is 1.07. The van der Waals surface area contributed by atoms with E-state index in [4.69, 9.17) is 4.74 Å². The van der Waals surface area contributed by atoms with Crippen LogP contribution in [0.3, 0.4) is 0 Å². The molecule has 0 spiro atoms. The standard InChI is InChI=1S/C9H8N2O2/c12-9-11(10-6-7-13-9)8-4-2-1-3-5-8/h1-6H,7H2. The molecule has 1 aliphatic heterocycles. The summed E-state index contributed by atoms with van der Waals surface area (Å²) >= 11 is 0. The minimum atomic E-state index is -0.436. The first-order valence-electron chi connectivity index (χ1n) is 3.92. The molecule has 0 saturated carbocycles. The number of cyclic esters (lactones) is 1. The van der Waals surface area contributed by atoms with Gasteiger partial charge in [0, 0.05) is 0 Å². The van der Waals surface area contributed by atoms with Crippen molar-refractivity contribution in [1.82, 2.24) is 0 Å². The van der Waals surface area contributed by atoms with Gasteiger partial charge in [0.1, 0.15) is 6.61 Å². The van der Waals surface area contributed by atoms with Crippen LogP contribution in [-0.4, -0.2) is 18.9 Å². The van der Waals surface area contributed by atoms with E-state index in [0.29, 0.717) is 5.69 Å². The Morgan fingerprint density at radius 1 is 1.31 bits per heavy atom. The molecule has 1 aliphatic rings. The summed E-state index contributed by atoms with van der Waals surface area (Å²) in [6.45, 7) is 0.252. The highest BCUT2D eigenvalue weighted by molar-refractivity contribution is 5.91. The molecule has 0 radical (unpaired) electrons. The van der Waals surface area contributed by atoms with Crippen LogP contribution in [-0.2, 0) is 4.74 Å². The Bertz CT molecular complexity index is 335. The van der Waals surface area contributed by atoms with Crippen molar-refractivity contribution in [2.24, 2.45) is 5.10 Å². The Morgan fingerprint density at radius 3 is 2.77 bits per heavy atom. The fourth-order valence-corrected chi connectivity index (χ4v) is 1.07. The smallest absolute Gasteiger partial charge is 0.435 e. The quantitative estimate of drug-likeness (QED) is 0.652. The van der Waals surface area contributed by atoms with Gasteiger partial charge in [0.05, 0.1) is 11.9 Å². The highest BCUT2D eigenvalue weighted by Crippen LogP contribution is 2.15. The maximum Gasteiger partial charge on any atom is 0.435 e. The number of nitrogens with zero attached hydrogens (tertiary/aromatic N) is 2. The van der Waals surface area contributed by atoms with Crippen molar-refractivity contribution in [3.05, 3.63) is 30.3 Å². The molecule has 0 aromatic heterocycles. The molecule has 0 unspecified atom stereocenters. The van der Waals surface area contributed by atoms with E-state index in [-0.39, 0.29) is 6.61 Å². The number of amides is 1. The number of rotatable bonds is 1. The van der Waals surface area contributed by atoms with Crippen molar-refractivity contribution < 1.29 is 9.53 Å². The predicted molar refractivity (Wildman–Crippen MR) is 48.8 cm³/mol. The van der Waals surface area contributed by atoms with Crippen LogP contribution in [0.5, 0.6) is 0 Å². The molecule has 0 N–H and O–H groups in total. The van der Waals surface area contributed by atoms with Crippen LogP contribution in [0.2, 0.25) is 0 Å². The predicted octanol–water partition coefficient (Wildman–Crippen LogP) is 1.63. The molecule has 4 heteroatoms. The zero-order chi connectivity index (χ0) is 9.10. The van der Waals surface area contributed by atoms with Crippen LogP contribution < -0.4 is 5.01 Å². The van der Waals surface area contributed by atoms with Crippen LogP contribution >= 0.6 is 0 Å². The van der Waals surface area contributed by atoms with Gasteiger partial charge in [0.2, 0.25) is 0 Å². The molecule has 1 aromatic rings. The molecule has 4 nitrogen and oxygen atoms in total. The topological polar surface area (TPSA) is 41.9 Å². The number of hydrogen-bond donors (Lipinski definition) is 0. The second-order valence-electron chi connectivity index (χ2n) is 2.52. The second kappa shape index (κ2) is 3.26. The van der Waals surface area contributed by atoms with Gasteiger partial charge in [0.15, 0.2) is 0 Å². The third kappa shape index (κ3) is 1.51. The van der Waals surface area contributed by atoms with E-state index in [1.165, 1.54) is 5.01 Å². The first-order valence-corrected chi connectivity index (χ1v) is 3.92. The van der Waals surface area contributed by atoms with E-state index >= 15 is 0 Å². The third-order valence-corrected chi connectivity index (χ3v) is 1.65. The van der Waals surface area contributed by atoms with Gasteiger partial charge in [-0.25, -0.2) is 4.79 Å². The second-order valence-corrected chi connectivity index (χ2v) is 2.52. The summed E-state index contributed by atoms with van der Waals surface area (Å²) in [6.07, 6.45) is 1.11. The van der Waals surface area contributed by atoms with Gasteiger partial charge in [-0.3, -0.25) is 0 Å². The summed E-state index contributed by atoms with van der Waals surface area (Å²) in [5.41, 5.74) is 0.712. The van der Waals surface area contributed by atoms with Crippen LogP contribution in [0.15, 0.2) is 35.4 Å². The number of benzene rings is 1. The van der Waals surface area contributed by atoms with Gasteiger partial charge >= 0.3 is 6.09 Å². The van der Waals surface area contributed by atoms with E-state index < -0.39 is 6.09 Å². The van der Waals surface area contributed by atoms with Gasteiger partial charge in [-0.05, 0) is 12.1 Å². The van der Waals surface area contributed by atoms with Crippen LogP contribution in [0, 0.1) is 0 Å². The Kier molecular flexibility index (Phi) is 1.96. The molecule has 13 heavy (non-hydrogen) atoms. The van der Waals surface area contributed by atoms with Crippen molar-refractivity contribution in [3.8, 4) is 0 Å². The molecular formula is C9H8N2O2. The molecule has 1 aromatic carbocycles. The number of carbonyl (C=O) groups excluding carboxylic acids is 1. The number of ether oxygens (including phenoxy) is 1. The third-order valence-electron chi connectivity index (χ3n) is 1.65. The molecule has 2 rings (SSSR count). The van der Waals surface area contributed by atoms with E-state index in [2.05, 4.69) is 5.10 Å². The van der Waals surface area contributed by atoms with E-state index in [0.717, 1.165) is 0 Å². The summed E-state index contributed by atoms with van der Waals surface area (Å²) in [6, 6.07) is 9.15. The summed E-state index contributed by atoms with van der Waals surface area (Å²) < 4.78 is 4.78. The monoisotopic (exact) mass is 176 g/mol. The van der Waals surface area contributed by atoms with Crippen molar-refractivity contribution in [3.63, 3.8) is 0 Å². The SMILES string of the molecule is O=C1OCC=NN1c1ccccc1. The maximum absolute atomic E-state index is 11.2. The fraction of sp³-hybridized carbons (Fsp3) is 0.111. The minimum absolute atomic E-state index is 0.252. The Morgan fingerprint density at radius 2 is 2.08 bits per heavy atom. The molecule has 0 fully saturated rings. The number of hydrogen-bond acceptors (Lipinski definition) is 3. The summed E-state index contributed by atoms with van der Waals surface area (Å²) in [5.74, 6) is 0. The zero-order valence-corrected chi connectivity index (χ0v) is 6.88. The van der Waals surface area contributed by atoms with E-state index in [9.17, 15) is 4.79 Å². The molecule has 0 saturated heterocycles. The van der Waals surface area contributed by atoms with Crippen LogP contribution in [0.4, 0.5) is 10.5 Å². The van der Waals surface area contributed by atoms with Crippen molar-refractivity contribution in [2.45, 2.75) is 0 Å². The van der Waals surface area contributed by atoms with Gasteiger partial charge in [-0.2, -0.15) is 10.1 Å². The molecule has 66 valence electrons. The van der Waals surface area contributed by atoms with Gasteiger partial charge in [0.25, 0.3) is 0 Å². The molecule has 1 amide bonds. The van der Waals surface area contributed by atoms with Crippen LogP contribution in [0.1, 0.15) is 0 Å². The van der Waals surface area contributed by atoms with Crippen molar-refractivity contribution in [2.75, 3.05) is 11.6 Å². The molecule has 0 atom stereocenters. The summed E-state index contributed by atoms with van der Waals surface area (Å²) in [5, 5.41) is 5.14. The highest BCUT2D eigenvalue weighted by atomic mass is 16.6. The number of anilines is 1.